The van der Waals surface area contributed by atoms with Gasteiger partial charge in [-0.15, -0.1) is 0 Å². The quantitative estimate of drug-likeness (QED) is 0.168. The van der Waals surface area contributed by atoms with Gasteiger partial charge >= 0.3 is 0 Å². The lowest BCUT2D eigenvalue weighted by Crippen LogP contribution is -2.40. The maximum Gasteiger partial charge on any atom is 0.238 e. The molecule has 0 spiro atoms. The Balaban J connectivity index is 1.03. The lowest BCUT2D eigenvalue weighted by atomic mass is 9.57. The van der Waals surface area contributed by atoms with Crippen LogP contribution in [0, 0.1) is 5.92 Å². The molecule has 0 aliphatic heterocycles. The molecule has 1 aliphatic rings. The Morgan fingerprint density at radius 1 is 0.431 bits per heavy atom. The van der Waals surface area contributed by atoms with Crippen LogP contribution in [-0.4, -0.2) is 24.1 Å². The Morgan fingerprint density at radius 3 is 1.51 bits per heavy atom. The van der Waals surface area contributed by atoms with E-state index in [1.807, 2.05) is 36.4 Å². The van der Waals surface area contributed by atoms with Gasteiger partial charge in [-0.1, -0.05) is 198 Å². The summed E-state index contributed by atoms with van der Waals surface area (Å²) >= 11 is 0. The molecule has 65 heavy (non-hydrogen) atoms. The van der Waals surface area contributed by atoms with Gasteiger partial charge in [0, 0.05) is 38.4 Å². The van der Waals surface area contributed by atoms with E-state index in [4.69, 9.17) is 15.0 Å². The Morgan fingerprint density at radius 2 is 0.923 bits per heavy atom. The Kier molecular flexibility index (Phi) is 8.83. The second-order valence-corrected chi connectivity index (χ2v) is 19.1. The molecule has 0 saturated heterocycles. The largest absolute Gasteiger partial charge is 0.307 e. The highest BCUT2D eigenvalue weighted by atomic mass is 15.2. The zero-order valence-corrected chi connectivity index (χ0v) is 37.4. The molecule has 0 N–H and O–H groups in total. The lowest BCUT2D eigenvalue weighted by Gasteiger charge is -2.47. The zero-order chi connectivity index (χ0) is 44.0. The fourth-order valence-corrected chi connectivity index (χ4v) is 10.9. The van der Waals surface area contributed by atoms with Gasteiger partial charge in [0.15, 0.2) is 11.6 Å². The molecule has 3 heterocycles. The molecule has 0 amide bonds. The van der Waals surface area contributed by atoms with Crippen LogP contribution in [0.5, 0.6) is 0 Å². The van der Waals surface area contributed by atoms with E-state index in [-0.39, 0.29) is 10.8 Å². The summed E-state index contributed by atoms with van der Waals surface area (Å²) in [6.07, 6.45) is 1.19. The highest BCUT2D eigenvalue weighted by Crippen LogP contribution is 2.52. The number of aromatic nitrogens is 5. The first-order chi connectivity index (χ1) is 31.7. The third-order valence-electron chi connectivity index (χ3n) is 14.5. The molecule has 3 aromatic heterocycles. The number of benzene rings is 8. The Hall–Kier alpha value is -7.63. The average Bonchev–Trinajstić information content (AvgIpc) is 3.87. The molecule has 12 rings (SSSR count). The molecular formula is C60H49N5. The summed E-state index contributed by atoms with van der Waals surface area (Å²) in [7, 11) is 0. The van der Waals surface area contributed by atoms with Crippen LogP contribution in [0.4, 0.5) is 0 Å². The van der Waals surface area contributed by atoms with Crippen molar-refractivity contribution in [1.82, 2.24) is 24.1 Å². The van der Waals surface area contributed by atoms with Crippen molar-refractivity contribution < 1.29 is 0 Å². The van der Waals surface area contributed by atoms with Gasteiger partial charge in [-0.05, 0) is 80.8 Å². The van der Waals surface area contributed by atoms with Crippen molar-refractivity contribution in [2.45, 2.75) is 51.9 Å². The van der Waals surface area contributed by atoms with E-state index in [0.717, 1.165) is 49.7 Å². The fourth-order valence-electron chi connectivity index (χ4n) is 10.9. The molecule has 5 heteroatoms. The third kappa shape index (κ3) is 6.17. The molecule has 1 unspecified atom stereocenters. The number of nitrogens with zero attached hydrogens (tertiary/aromatic N) is 5. The van der Waals surface area contributed by atoms with Crippen molar-refractivity contribution in [3.8, 4) is 56.7 Å². The van der Waals surface area contributed by atoms with Gasteiger partial charge in [-0.3, -0.25) is 4.57 Å². The maximum absolute atomic E-state index is 5.27. The molecular weight excluding hydrogens is 791 g/mol. The minimum absolute atomic E-state index is 0.0875. The number of rotatable bonds is 6. The first kappa shape index (κ1) is 39.0. The van der Waals surface area contributed by atoms with Crippen LogP contribution in [0.3, 0.4) is 0 Å². The lowest BCUT2D eigenvalue weighted by molar-refractivity contribution is 0.234. The van der Waals surface area contributed by atoms with Crippen molar-refractivity contribution in [3.63, 3.8) is 0 Å². The molecule has 0 bridgehead atoms. The summed E-state index contributed by atoms with van der Waals surface area (Å²) in [4.78, 5) is 15.6. The van der Waals surface area contributed by atoms with Crippen LogP contribution in [0.15, 0.2) is 188 Å². The summed E-state index contributed by atoms with van der Waals surface area (Å²) in [5, 5.41) is 4.63. The van der Waals surface area contributed by atoms with E-state index >= 15 is 0 Å². The minimum atomic E-state index is 0.0875. The van der Waals surface area contributed by atoms with Gasteiger partial charge in [0.1, 0.15) is 0 Å². The summed E-state index contributed by atoms with van der Waals surface area (Å²) < 4.78 is 4.68. The average molecular weight is 840 g/mol. The van der Waals surface area contributed by atoms with Crippen LogP contribution in [0.25, 0.3) is 100 Å². The molecule has 0 saturated carbocycles. The van der Waals surface area contributed by atoms with Crippen molar-refractivity contribution >= 4 is 43.6 Å². The number of hydrogen-bond acceptors (Lipinski definition) is 3. The molecule has 11 aromatic rings. The molecule has 1 atom stereocenters. The predicted octanol–water partition coefficient (Wildman–Crippen LogP) is 15.3. The third-order valence-corrected chi connectivity index (χ3v) is 14.5. The number of para-hydroxylation sites is 2. The van der Waals surface area contributed by atoms with E-state index < -0.39 is 0 Å². The van der Waals surface area contributed by atoms with Crippen LogP contribution < -0.4 is 0 Å². The molecule has 314 valence electrons. The summed E-state index contributed by atoms with van der Waals surface area (Å²) in [5.41, 5.74) is 15.5. The van der Waals surface area contributed by atoms with Crippen LogP contribution in [0.1, 0.15) is 52.2 Å². The standard InChI is InChI=1S/C60H49N5/c1-38-37-59(2,3)50-24-16-23-45(53(50)60(38,4)5)41-29-27-39(28-30-41)40-31-33-44(34-32-40)64-51-25-14-12-21-46(51)48-35-36-49-47-22-13-15-26-52(47)65(55(49)54(48)64)58-62-56(42-17-8-6-9-18-42)61-57(63-58)43-19-10-7-11-20-43/h6-36,38H,37H2,1-5H3. The Bertz CT molecular complexity index is 3560. The van der Waals surface area contributed by atoms with Gasteiger partial charge in [0.2, 0.25) is 5.95 Å². The smallest absolute Gasteiger partial charge is 0.238 e. The van der Waals surface area contributed by atoms with E-state index in [1.54, 1.807) is 0 Å². The molecule has 5 nitrogen and oxygen atoms in total. The zero-order valence-electron chi connectivity index (χ0n) is 37.4. The number of fused-ring (bicyclic) bond motifs is 8. The SMILES string of the molecule is CC1CC(C)(C)c2cccc(-c3ccc(-c4ccc(-n5c6ccccc6c6ccc7c8ccccc8n(-c8nc(-c9ccccc9)nc(-c9ccccc9)n8)c7c65)cc4)cc3)c2C1(C)C. The second kappa shape index (κ2) is 14.7. The van der Waals surface area contributed by atoms with Gasteiger partial charge in [-0.25, -0.2) is 4.98 Å². The summed E-state index contributed by atoms with van der Waals surface area (Å²) in [5.74, 6) is 2.41. The van der Waals surface area contributed by atoms with E-state index in [9.17, 15) is 0 Å². The van der Waals surface area contributed by atoms with Crippen molar-refractivity contribution in [2.24, 2.45) is 5.92 Å². The number of hydrogen-bond donors (Lipinski definition) is 0. The van der Waals surface area contributed by atoms with E-state index in [1.165, 1.54) is 50.6 Å². The molecule has 8 aromatic carbocycles. The highest BCUT2D eigenvalue weighted by molar-refractivity contribution is 6.23. The predicted molar refractivity (Wildman–Crippen MR) is 270 cm³/mol. The summed E-state index contributed by atoms with van der Waals surface area (Å²) in [6, 6.07) is 67.5. The first-order valence-corrected chi connectivity index (χ1v) is 22.8. The van der Waals surface area contributed by atoms with Crippen molar-refractivity contribution in [1.29, 1.82) is 0 Å². The Labute approximate surface area is 379 Å². The van der Waals surface area contributed by atoms with Gasteiger partial charge < -0.3 is 4.57 Å². The van der Waals surface area contributed by atoms with E-state index in [2.05, 4.69) is 195 Å². The van der Waals surface area contributed by atoms with Gasteiger partial charge in [0.05, 0.1) is 22.1 Å². The minimum Gasteiger partial charge on any atom is -0.307 e. The van der Waals surface area contributed by atoms with Crippen LogP contribution in [0.2, 0.25) is 0 Å². The second-order valence-electron chi connectivity index (χ2n) is 19.1. The maximum atomic E-state index is 5.27. The van der Waals surface area contributed by atoms with Crippen molar-refractivity contribution in [3.05, 3.63) is 199 Å². The first-order valence-electron chi connectivity index (χ1n) is 22.8. The van der Waals surface area contributed by atoms with Gasteiger partial charge in [0.25, 0.3) is 0 Å². The topological polar surface area (TPSA) is 48.5 Å². The van der Waals surface area contributed by atoms with E-state index in [0.29, 0.717) is 23.5 Å². The fraction of sp³-hybridized carbons (Fsp3) is 0.150. The van der Waals surface area contributed by atoms with Crippen LogP contribution >= 0.6 is 0 Å². The molecule has 0 radical (unpaired) electrons. The molecule has 1 aliphatic carbocycles. The molecule has 0 fully saturated rings. The van der Waals surface area contributed by atoms with Crippen molar-refractivity contribution in [2.75, 3.05) is 0 Å². The van der Waals surface area contributed by atoms with Crippen LogP contribution in [-0.2, 0) is 10.8 Å². The summed E-state index contributed by atoms with van der Waals surface area (Å²) in [6.45, 7) is 12.1. The van der Waals surface area contributed by atoms with Gasteiger partial charge in [-0.2, -0.15) is 9.97 Å². The highest BCUT2D eigenvalue weighted by Gasteiger charge is 2.43. The monoisotopic (exact) mass is 839 g/mol. The normalized spacial score (nSPS) is 15.5.